The normalized spacial score (nSPS) is 14.0. The smallest absolute Gasteiger partial charge is 0.272 e. The Morgan fingerprint density at radius 1 is 1.06 bits per heavy atom. The van der Waals surface area contributed by atoms with Crippen LogP contribution in [0.25, 0.3) is 0 Å². The number of aryl methyl sites for hydroxylation is 1. The van der Waals surface area contributed by atoms with Gasteiger partial charge in [0.1, 0.15) is 17.3 Å². The maximum Gasteiger partial charge on any atom is 0.272 e. The lowest BCUT2D eigenvalue weighted by Crippen LogP contribution is -2.50. The molecule has 1 N–H and O–H groups in total. The minimum absolute atomic E-state index is 0.0244. The fraction of sp³-hybridized carbons (Fsp3) is 0.407. The highest BCUT2D eigenvalue weighted by molar-refractivity contribution is 5.99. The summed E-state index contributed by atoms with van der Waals surface area (Å²) < 4.78 is 6.99. The molecule has 2 amide bonds. The summed E-state index contributed by atoms with van der Waals surface area (Å²) >= 11 is 0. The molecule has 9 heteroatoms. The maximum absolute atomic E-state index is 13.3. The van der Waals surface area contributed by atoms with Crippen molar-refractivity contribution in [3.8, 4) is 5.75 Å². The van der Waals surface area contributed by atoms with E-state index in [-0.39, 0.29) is 17.4 Å². The van der Waals surface area contributed by atoms with Gasteiger partial charge in [-0.3, -0.25) is 14.3 Å². The van der Waals surface area contributed by atoms with E-state index in [4.69, 9.17) is 4.74 Å². The summed E-state index contributed by atoms with van der Waals surface area (Å²) in [6.45, 7) is 10.7. The number of carbonyl (C=O) groups excluding carboxylic acids is 2. The Morgan fingerprint density at radius 3 is 2.39 bits per heavy atom. The molecular weight excluding hydrogens is 456 g/mol. The van der Waals surface area contributed by atoms with Crippen LogP contribution in [0, 0.1) is 6.92 Å². The third kappa shape index (κ3) is 5.50. The first-order valence-corrected chi connectivity index (χ1v) is 12.1. The van der Waals surface area contributed by atoms with E-state index >= 15 is 0 Å². The van der Waals surface area contributed by atoms with E-state index in [9.17, 15) is 9.59 Å². The molecule has 4 rings (SSSR count). The highest BCUT2D eigenvalue weighted by Crippen LogP contribution is 2.22. The van der Waals surface area contributed by atoms with Crippen LogP contribution in [0.3, 0.4) is 0 Å². The van der Waals surface area contributed by atoms with Crippen molar-refractivity contribution in [2.45, 2.75) is 39.8 Å². The highest BCUT2D eigenvalue weighted by Gasteiger charge is 2.29. The third-order valence-corrected chi connectivity index (χ3v) is 6.20. The molecule has 0 unspecified atom stereocenters. The number of hydrogen-bond acceptors (Lipinski definition) is 6. The molecular formula is C27H34N6O3. The molecule has 1 aliphatic rings. The number of methoxy groups -OCH3 is 1. The molecule has 190 valence electrons. The van der Waals surface area contributed by atoms with Crippen LogP contribution in [0.1, 0.15) is 52.9 Å². The molecule has 0 aliphatic carbocycles. The van der Waals surface area contributed by atoms with Crippen LogP contribution in [-0.4, -0.2) is 64.8 Å². The monoisotopic (exact) mass is 490 g/mol. The van der Waals surface area contributed by atoms with E-state index in [2.05, 4.69) is 20.3 Å². The summed E-state index contributed by atoms with van der Waals surface area (Å²) in [5, 5.41) is 7.52. The first kappa shape index (κ1) is 25.2. The van der Waals surface area contributed by atoms with Crippen molar-refractivity contribution in [1.29, 1.82) is 0 Å². The minimum atomic E-state index is -0.289. The van der Waals surface area contributed by atoms with E-state index in [1.807, 2.05) is 62.9 Å². The first-order valence-electron chi connectivity index (χ1n) is 12.1. The van der Waals surface area contributed by atoms with Crippen molar-refractivity contribution in [2.24, 2.45) is 0 Å². The number of anilines is 1. The molecule has 3 aromatic rings. The molecule has 3 heterocycles. The van der Waals surface area contributed by atoms with Crippen molar-refractivity contribution in [3.63, 3.8) is 0 Å². The van der Waals surface area contributed by atoms with Gasteiger partial charge in [0.25, 0.3) is 11.8 Å². The van der Waals surface area contributed by atoms with Crippen molar-refractivity contribution < 1.29 is 14.3 Å². The molecule has 1 saturated heterocycles. The van der Waals surface area contributed by atoms with Gasteiger partial charge >= 0.3 is 0 Å². The van der Waals surface area contributed by atoms with Crippen molar-refractivity contribution in [3.05, 3.63) is 71.2 Å². The van der Waals surface area contributed by atoms with Crippen molar-refractivity contribution in [2.75, 3.05) is 38.2 Å². The van der Waals surface area contributed by atoms with E-state index in [0.717, 1.165) is 17.0 Å². The molecule has 1 aliphatic heterocycles. The second-order valence-electron chi connectivity index (χ2n) is 9.94. The van der Waals surface area contributed by atoms with E-state index in [1.165, 1.54) is 0 Å². The number of hydrogen-bond donors (Lipinski definition) is 1. The standard InChI is InChI=1S/C27H34N6O3/c1-19-17-23(33(30-19)27(2,3)4)26(35)32-15-13-31(14-16-32)24-22(7-6-12-28-24)25(34)29-18-20-8-10-21(36-5)11-9-20/h6-12,17H,13-16,18H2,1-5H3,(H,29,34). The number of benzene rings is 1. The molecule has 0 spiro atoms. The summed E-state index contributed by atoms with van der Waals surface area (Å²) in [6, 6.07) is 13.0. The number of piperazine rings is 1. The molecule has 1 aromatic carbocycles. The number of amides is 2. The largest absolute Gasteiger partial charge is 0.497 e. The Balaban J connectivity index is 1.41. The Bertz CT molecular complexity index is 1220. The Labute approximate surface area is 212 Å². The number of aromatic nitrogens is 3. The second-order valence-corrected chi connectivity index (χ2v) is 9.94. The fourth-order valence-corrected chi connectivity index (χ4v) is 4.29. The predicted octanol–water partition coefficient (Wildman–Crippen LogP) is 3.24. The summed E-state index contributed by atoms with van der Waals surface area (Å²) in [5.74, 6) is 1.20. The Morgan fingerprint density at radius 2 is 1.75 bits per heavy atom. The van der Waals surface area contributed by atoms with Gasteiger partial charge in [-0.25, -0.2) is 4.98 Å². The predicted molar refractivity (Wildman–Crippen MR) is 138 cm³/mol. The average molecular weight is 491 g/mol. The van der Waals surface area contributed by atoms with Gasteiger partial charge in [0, 0.05) is 38.9 Å². The number of pyridine rings is 1. The maximum atomic E-state index is 13.3. The van der Waals surface area contributed by atoms with E-state index in [0.29, 0.717) is 49.8 Å². The van der Waals surface area contributed by atoms with Crippen LogP contribution >= 0.6 is 0 Å². The van der Waals surface area contributed by atoms with Gasteiger partial charge in [0.15, 0.2) is 0 Å². The van der Waals surface area contributed by atoms with E-state index < -0.39 is 0 Å². The summed E-state index contributed by atoms with van der Waals surface area (Å²) in [4.78, 5) is 34.8. The van der Waals surface area contributed by atoms with Gasteiger partial charge < -0.3 is 19.9 Å². The fourth-order valence-electron chi connectivity index (χ4n) is 4.29. The van der Waals surface area contributed by atoms with Crippen LogP contribution in [-0.2, 0) is 12.1 Å². The topological polar surface area (TPSA) is 92.6 Å². The average Bonchev–Trinajstić information content (AvgIpc) is 3.29. The SMILES string of the molecule is COc1ccc(CNC(=O)c2cccnc2N2CCN(C(=O)c3cc(C)nn3C(C)(C)C)CC2)cc1. The highest BCUT2D eigenvalue weighted by atomic mass is 16.5. The summed E-state index contributed by atoms with van der Waals surface area (Å²) in [5.41, 5.74) is 2.64. The van der Waals surface area contributed by atoms with Gasteiger partial charge in [-0.2, -0.15) is 5.10 Å². The lowest BCUT2D eigenvalue weighted by Gasteiger charge is -2.36. The molecule has 36 heavy (non-hydrogen) atoms. The summed E-state index contributed by atoms with van der Waals surface area (Å²) in [6.07, 6.45) is 1.69. The van der Waals surface area contributed by atoms with Gasteiger partial charge in [0.2, 0.25) is 0 Å². The van der Waals surface area contributed by atoms with Crippen LogP contribution in [0.15, 0.2) is 48.7 Å². The van der Waals surface area contributed by atoms with Gasteiger partial charge in [-0.15, -0.1) is 0 Å². The quantitative estimate of drug-likeness (QED) is 0.570. The lowest BCUT2D eigenvalue weighted by atomic mass is 10.1. The zero-order valence-corrected chi connectivity index (χ0v) is 21.6. The Kier molecular flexibility index (Phi) is 7.28. The third-order valence-electron chi connectivity index (χ3n) is 6.20. The molecule has 0 radical (unpaired) electrons. The van der Waals surface area contributed by atoms with Crippen LogP contribution < -0.4 is 15.0 Å². The van der Waals surface area contributed by atoms with Gasteiger partial charge in [-0.05, 0) is 63.6 Å². The van der Waals surface area contributed by atoms with Crippen LogP contribution in [0.5, 0.6) is 5.75 Å². The molecule has 0 bridgehead atoms. The van der Waals surface area contributed by atoms with Crippen molar-refractivity contribution in [1.82, 2.24) is 25.0 Å². The number of nitrogens with zero attached hydrogens (tertiary/aromatic N) is 5. The minimum Gasteiger partial charge on any atom is -0.497 e. The zero-order chi connectivity index (χ0) is 25.9. The molecule has 0 atom stereocenters. The number of nitrogens with one attached hydrogen (secondary N) is 1. The van der Waals surface area contributed by atoms with Crippen LogP contribution in [0.4, 0.5) is 5.82 Å². The van der Waals surface area contributed by atoms with Gasteiger partial charge in [0.05, 0.1) is 23.9 Å². The van der Waals surface area contributed by atoms with Gasteiger partial charge in [-0.1, -0.05) is 12.1 Å². The van der Waals surface area contributed by atoms with Crippen molar-refractivity contribution >= 4 is 17.6 Å². The second kappa shape index (κ2) is 10.4. The number of rotatable bonds is 6. The number of carbonyl (C=O) groups is 2. The number of ether oxygens (including phenoxy) is 1. The first-order chi connectivity index (χ1) is 17.2. The molecule has 2 aromatic heterocycles. The molecule has 0 saturated carbocycles. The zero-order valence-electron chi connectivity index (χ0n) is 21.6. The Hall–Kier alpha value is -3.88. The summed E-state index contributed by atoms with van der Waals surface area (Å²) in [7, 11) is 1.62. The molecule has 1 fully saturated rings. The van der Waals surface area contributed by atoms with E-state index in [1.54, 1.807) is 30.1 Å². The van der Waals surface area contributed by atoms with Crippen LogP contribution in [0.2, 0.25) is 0 Å². The molecule has 9 nitrogen and oxygen atoms in total. The lowest BCUT2D eigenvalue weighted by molar-refractivity contribution is 0.0725.